The molecule has 2 saturated heterocycles. The minimum atomic E-state index is -2.83. The average Bonchev–Trinajstić information content (AvgIpc) is 2.39. The number of nitrogens with one attached hydrogen (secondary N) is 2. The van der Waals surface area contributed by atoms with Gasteiger partial charge in [-0.2, -0.15) is 0 Å². The number of ether oxygens (including phenoxy) is 1. The fourth-order valence-corrected chi connectivity index (χ4v) is 3.94. The lowest BCUT2D eigenvalue weighted by Crippen LogP contribution is -2.46. The lowest BCUT2D eigenvalue weighted by atomic mass is 10.1. The first-order valence-corrected chi connectivity index (χ1v) is 8.68. The molecule has 1 amide bonds. The van der Waals surface area contributed by atoms with Crippen molar-refractivity contribution in [1.82, 2.24) is 10.6 Å². The molecule has 6 nitrogen and oxygen atoms in total. The van der Waals surface area contributed by atoms with E-state index in [1.165, 1.54) is 0 Å². The number of sulfone groups is 1. The van der Waals surface area contributed by atoms with Crippen LogP contribution in [0.5, 0.6) is 0 Å². The second kappa shape index (κ2) is 6.67. The molecule has 0 unspecified atom stereocenters. The van der Waals surface area contributed by atoms with Crippen LogP contribution in [0, 0.1) is 0 Å². The largest absolute Gasteiger partial charge is 0.381 e. The second-order valence-electron chi connectivity index (χ2n) is 5.26. The van der Waals surface area contributed by atoms with Gasteiger partial charge < -0.3 is 15.4 Å². The molecule has 0 aromatic rings. The third-order valence-electron chi connectivity index (χ3n) is 3.69. The highest BCUT2D eigenvalue weighted by molar-refractivity contribution is 7.91. The molecule has 0 radical (unpaired) electrons. The molecule has 0 aromatic heterocycles. The molecule has 0 aromatic carbocycles. The molecule has 0 atom stereocenters. The van der Waals surface area contributed by atoms with E-state index in [1.807, 2.05) is 0 Å². The van der Waals surface area contributed by atoms with Crippen LogP contribution in [0.1, 0.15) is 25.7 Å². The summed E-state index contributed by atoms with van der Waals surface area (Å²) in [5, 5.41) is 6.12. The van der Waals surface area contributed by atoms with Crippen LogP contribution in [-0.2, 0) is 19.4 Å². The summed E-state index contributed by atoms with van der Waals surface area (Å²) in [6.07, 6.45) is 2.95. The topological polar surface area (TPSA) is 84.5 Å². The summed E-state index contributed by atoms with van der Waals surface area (Å²) in [6.45, 7) is 1.68. The van der Waals surface area contributed by atoms with Gasteiger partial charge in [-0.05, 0) is 25.7 Å². The predicted molar refractivity (Wildman–Crippen MR) is 71.7 cm³/mol. The number of carbonyl (C=O) groups excluding carboxylic acids is 1. The van der Waals surface area contributed by atoms with E-state index in [0.29, 0.717) is 26.1 Å². The van der Waals surface area contributed by atoms with Crippen LogP contribution in [0.25, 0.3) is 0 Å². The molecule has 2 rings (SSSR count). The Morgan fingerprint density at radius 2 is 1.68 bits per heavy atom. The van der Waals surface area contributed by atoms with Crippen molar-refractivity contribution in [2.24, 2.45) is 0 Å². The minimum Gasteiger partial charge on any atom is -0.381 e. The molecule has 7 heteroatoms. The lowest BCUT2D eigenvalue weighted by Gasteiger charge is -2.25. The van der Waals surface area contributed by atoms with Crippen LogP contribution in [0.4, 0.5) is 0 Å². The normalized spacial score (nSPS) is 25.1. The standard InChI is InChI=1S/C12H22N2O4S/c15-12(14-11-1-5-18-6-2-11)9-13-10-3-7-19(16,17)8-4-10/h10-11,13H,1-9H2,(H,14,15). The van der Waals surface area contributed by atoms with Crippen molar-refractivity contribution >= 4 is 15.7 Å². The SMILES string of the molecule is O=C(CNC1CCS(=O)(=O)CC1)NC1CCOCC1. The maximum absolute atomic E-state index is 11.7. The number of rotatable bonds is 4. The molecule has 0 aliphatic carbocycles. The summed E-state index contributed by atoms with van der Waals surface area (Å²) in [6, 6.07) is 0.360. The maximum Gasteiger partial charge on any atom is 0.234 e. The maximum atomic E-state index is 11.7. The molecule has 2 aliphatic rings. The van der Waals surface area contributed by atoms with Gasteiger partial charge in [0.2, 0.25) is 5.91 Å². The van der Waals surface area contributed by atoms with Gasteiger partial charge >= 0.3 is 0 Å². The van der Waals surface area contributed by atoms with Crippen LogP contribution in [0.3, 0.4) is 0 Å². The number of hydrogen-bond donors (Lipinski definition) is 2. The van der Waals surface area contributed by atoms with E-state index in [0.717, 1.165) is 12.8 Å². The van der Waals surface area contributed by atoms with E-state index < -0.39 is 9.84 Å². The zero-order valence-corrected chi connectivity index (χ0v) is 11.9. The zero-order valence-electron chi connectivity index (χ0n) is 11.1. The van der Waals surface area contributed by atoms with E-state index in [1.54, 1.807) is 0 Å². The molecule has 2 heterocycles. The summed E-state index contributed by atoms with van der Waals surface area (Å²) < 4.78 is 27.8. The highest BCUT2D eigenvalue weighted by Crippen LogP contribution is 2.11. The summed E-state index contributed by atoms with van der Waals surface area (Å²) in [7, 11) is -2.83. The molecule has 2 fully saturated rings. The van der Waals surface area contributed by atoms with Gasteiger partial charge in [0.25, 0.3) is 0 Å². The van der Waals surface area contributed by atoms with Crippen LogP contribution < -0.4 is 10.6 Å². The molecular formula is C12H22N2O4S. The van der Waals surface area contributed by atoms with Crippen molar-refractivity contribution in [3.05, 3.63) is 0 Å². The number of carbonyl (C=O) groups is 1. The van der Waals surface area contributed by atoms with Crippen LogP contribution >= 0.6 is 0 Å². The smallest absolute Gasteiger partial charge is 0.234 e. The molecule has 110 valence electrons. The minimum absolute atomic E-state index is 0.0136. The Kier molecular flexibility index (Phi) is 5.18. The van der Waals surface area contributed by atoms with Gasteiger partial charge in [-0.15, -0.1) is 0 Å². The Balaban J connectivity index is 1.63. The van der Waals surface area contributed by atoms with Crippen LogP contribution in [0.2, 0.25) is 0 Å². The van der Waals surface area contributed by atoms with Gasteiger partial charge in [0.05, 0.1) is 18.1 Å². The Labute approximate surface area is 114 Å². The Morgan fingerprint density at radius 1 is 1.05 bits per heavy atom. The number of hydrogen-bond acceptors (Lipinski definition) is 5. The average molecular weight is 290 g/mol. The third kappa shape index (κ3) is 5.08. The second-order valence-corrected chi connectivity index (χ2v) is 7.56. The molecule has 0 saturated carbocycles. The van der Waals surface area contributed by atoms with E-state index in [-0.39, 0.29) is 36.0 Å². The van der Waals surface area contributed by atoms with Gasteiger partial charge in [0.15, 0.2) is 0 Å². The van der Waals surface area contributed by atoms with Gasteiger partial charge in [-0.1, -0.05) is 0 Å². The van der Waals surface area contributed by atoms with Gasteiger partial charge in [0.1, 0.15) is 9.84 Å². The monoisotopic (exact) mass is 290 g/mol. The zero-order chi connectivity index (χ0) is 13.7. The van der Waals surface area contributed by atoms with Crippen molar-refractivity contribution < 1.29 is 17.9 Å². The summed E-state index contributed by atoms with van der Waals surface area (Å²) >= 11 is 0. The molecule has 0 spiro atoms. The van der Waals surface area contributed by atoms with E-state index >= 15 is 0 Å². The quantitative estimate of drug-likeness (QED) is 0.725. The van der Waals surface area contributed by atoms with E-state index in [4.69, 9.17) is 4.74 Å². The van der Waals surface area contributed by atoms with Crippen LogP contribution in [-0.4, -0.2) is 57.7 Å². The molecular weight excluding hydrogens is 268 g/mol. The summed E-state index contributed by atoms with van der Waals surface area (Å²) in [5.74, 6) is 0.443. The van der Waals surface area contributed by atoms with E-state index in [9.17, 15) is 13.2 Å². The van der Waals surface area contributed by atoms with Gasteiger partial charge in [0, 0.05) is 25.3 Å². The first kappa shape index (κ1) is 14.7. The highest BCUT2D eigenvalue weighted by Gasteiger charge is 2.24. The predicted octanol–water partition coefficient (Wildman–Crippen LogP) is -0.552. The molecule has 2 aliphatic heterocycles. The fourth-order valence-electron chi connectivity index (χ4n) is 2.45. The first-order chi connectivity index (χ1) is 9.05. The summed E-state index contributed by atoms with van der Waals surface area (Å²) in [5.41, 5.74) is 0. The van der Waals surface area contributed by atoms with Gasteiger partial charge in [-0.25, -0.2) is 8.42 Å². The first-order valence-electron chi connectivity index (χ1n) is 6.86. The Morgan fingerprint density at radius 3 is 2.32 bits per heavy atom. The van der Waals surface area contributed by atoms with Crippen molar-refractivity contribution in [1.29, 1.82) is 0 Å². The van der Waals surface area contributed by atoms with E-state index in [2.05, 4.69) is 10.6 Å². The fraction of sp³-hybridized carbons (Fsp3) is 0.917. The highest BCUT2D eigenvalue weighted by atomic mass is 32.2. The Hall–Kier alpha value is -0.660. The van der Waals surface area contributed by atoms with Gasteiger partial charge in [-0.3, -0.25) is 4.79 Å². The molecule has 19 heavy (non-hydrogen) atoms. The van der Waals surface area contributed by atoms with Crippen molar-refractivity contribution in [2.75, 3.05) is 31.3 Å². The Bertz CT molecular complexity index is 390. The van der Waals surface area contributed by atoms with Crippen LogP contribution in [0.15, 0.2) is 0 Å². The molecule has 2 N–H and O–H groups in total. The van der Waals surface area contributed by atoms with Crippen molar-refractivity contribution in [2.45, 2.75) is 37.8 Å². The summed E-state index contributed by atoms with van der Waals surface area (Å²) in [4.78, 5) is 11.7. The molecule has 0 bridgehead atoms. The van der Waals surface area contributed by atoms with Crippen molar-refractivity contribution in [3.8, 4) is 0 Å². The van der Waals surface area contributed by atoms with Crippen molar-refractivity contribution in [3.63, 3.8) is 0 Å². The lowest BCUT2D eigenvalue weighted by molar-refractivity contribution is -0.121. The number of amides is 1. The third-order valence-corrected chi connectivity index (χ3v) is 5.41.